The third-order valence-electron chi connectivity index (χ3n) is 1.96. The standard InChI is InChI=1S/C10H11BrN2O4/c1-17-10(16)7(5-14)13-9(15)6-2-3-8(11)12-4-6/h2-4,7,14H,5H2,1H3,(H,13,15). The number of esters is 1. The Morgan fingerprint density at radius 1 is 1.59 bits per heavy atom. The van der Waals surface area contributed by atoms with Crippen molar-refractivity contribution in [3.8, 4) is 0 Å². The highest BCUT2D eigenvalue weighted by Crippen LogP contribution is 2.06. The Kier molecular flexibility index (Phi) is 5.05. The lowest BCUT2D eigenvalue weighted by molar-refractivity contribution is -0.143. The van der Waals surface area contributed by atoms with Gasteiger partial charge >= 0.3 is 5.97 Å². The van der Waals surface area contributed by atoms with Crippen molar-refractivity contribution < 1.29 is 19.4 Å². The lowest BCUT2D eigenvalue weighted by atomic mass is 10.2. The third kappa shape index (κ3) is 3.79. The van der Waals surface area contributed by atoms with Gasteiger partial charge in [-0.05, 0) is 28.1 Å². The quantitative estimate of drug-likeness (QED) is 0.609. The van der Waals surface area contributed by atoms with Gasteiger partial charge in [0.15, 0.2) is 6.04 Å². The molecule has 1 atom stereocenters. The summed E-state index contributed by atoms with van der Waals surface area (Å²) < 4.78 is 5.02. The zero-order valence-corrected chi connectivity index (χ0v) is 10.6. The molecule has 1 aromatic rings. The summed E-state index contributed by atoms with van der Waals surface area (Å²) in [6.45, 7) is -0.525. The zero-order valence-electron chi connectivity index (χ0n) is 9.01. The Labute approximate surface area is 106 Å². The van der Waals surface area contributed by atoms with Gasteiger partial charge in [-0.1, -0.05) is 0 Å². The van der Waals surface area contributed by atoms with Crippen LogP contribution in [0.1, 0.15) is 10.4 Å². The molecule has 6 nitrogen and oxygen atoms in total. The number of hydrogen-bond acceptors (Lipinski definition) is 5. The fraction of sp³-hybridized carbons (Fsp3) is 0.300. The summed E-state index contributed by atoms with van der Waals surface area (Å²) in [4.78, 5) is 26.7. The second-order valence-electron chi connectivity index (χ2n) is 3.10. The molecule has 1 rings (SSSR count). The van der Waals surface area contributed by atoms with Crippen LogP contribution >= 0.6 is 15.9 Å². The number of ether oxygens (including phenoxy) is 1. The van der Waals surface area contributed by atoms with E-state index in [0.29, 0.717) is 4.60 Å². The highest BCUT2D eigenvalue weighted by molar-refractivity contribution is 9.10. The molecular formula is C10H11BrN2O4. The Balaban J connectivity index is 2.71. The van der Waals surface area contributed by atoms with Gasteiger partial charge in [0.05, 0.1) is 19.3 Å². The summed E-state index contributed by atoms with van der Waals surface area (Å²) in [6, 6.07) is 2.07. The smallest absolute Gasteiger partial charge is 0.330 e. The van der Waals surface area contributed by atoms with Crippen LogP contribution in [0.3, 0.4) is 0 Å². The van der Waals surface area contributed by atoms with Crippen molar-refractivity contribution in [3.05, 3.63) is 28.5 Å². The maximum Gasteiger partial charge on any atom is 0.330 e. The molecule has 1 amide bonds. The van der Waals surface area contributed by atoms with Gasteiger partial charge in [-0.2, -0.15) is 0 Å². The monoisotopic (exact) mass is 302 g/mol. The Bertz CT molecular complexity index is 407. The zero-order chi connectivity index (χ0) is 12.8. The summed E-state index contributed by atoms with van der Waals surface area (Å²) in [5.74, 6) is -1.21. The number of nitrogens with zero attached hydrogens (tertiary/aromatic N) is 1. The number of aromatic nitrogens is 1. The van der Waals surface area contributed by atoms with Crippen LogP contribution in [0.15, 0.2) is 22.9 Å². The Morgan fingerprint density at radius 3 is 2.76 bits per heavy atom. The van der Waals surface area contributed by atoms with Crippen molar-refractivity contribution in [2.45, 2.75) is 6.04 Å². The van der Waals surface area contributed by atoms with Crippen molar-refractivity contribution in [1.82, 2.24) is 10.3 Å². The predicted molar refractivity (Wildman–Crippen MR) is 62.3 cm³/mol. The normalized spacial score (nSPS) is 11.7. The molecule has 17 heavy (non-hydrogen) atoms. The first kappa shape index (κ1) is 13.6. The lowest BCUT2D eigenvalue weighted by Gasteiger charge is -2.13. The highest BCUT2D eigenvalue weighted by atomic mass is 79.9. The molecule has 1 unspecified atom stereocenters. The maximum atomic E-state index is 11.7. The van der Waals surface area contributed by atoms with Crippen molar-refractivity contribution in [3.63, 3.8) is 0 Å². The highest BCUT2D eigenvalue weighted by Gasteiger charge is 2.21. The predicted octanol–water partition coefficient (Wildman–Crippen LogP) is 0.108. The van der Waals surface area contributed by atoms with Crippen LogP contribution in [0, 0.1) is 0 Å². The van der Waals surface area contributed by atoms with E-state index in [4.69, 9.17) is 5.11 Å². The Morgan fingerprint density at radius 2 is 2.29 bits per heavy atom. The molecule has 0 bridgehead atoms. The van der Waals surface area contributed by atoms with Crippen LogP contribution in [0.2, 0.25) is 0 Å². The number of hydrogen-bond donors (Lipinski definition) is 2. The molecule has 92 valence electrons. The molecule has 0 saturated carbocycles. The van der Waals surface area contributed by atoms with Crippen LogP contribution in [0.5, 0.6) is 0 Å². The Hall–Kier alpha value is -1.47. The minimum Gasteiger partial charge on any atom is -0.467 e. The molecule has 1 aromatic heterocycles. The lowest BCUT2D eigenvalue weighted by Crippen LogP contribution is -2.44. The molecule has 1 heterocycles. The second kappa shape index (κ2) is 6.31. The minimum atomic E-state index is -1.07. The average Bonchev–Trinajstić information content (AvgIpc) is 2.35. The third-order valence-corrected chi connectivity index (χ3v) is 2.43. The number of aliphatic hydroxyl groups excluding tert-OH is 1. The van der Waals surface area contributed by atoms with Gasteiger partial charge in [-0.25, -0.2) is 9.78 Å². The molecule has 0 radical (unpaired) electrons. The SMILES string of the molecule is COC(=O)C(CO)NC(=O)c1ccc(Br)nc1. The van der Waals surface area contributed by atoms with Crippen LogP contribution in [0.4, 0.5) is 0 Å². The summed E-state index contributed by atoms with van der Waals surface area (Å²) in [5, 5.41) is 11.3. The summed E-state index contributed by atoms with van der Waals surface area (Å²) in [6.07, 6.45) is 1.35. The van der Waals surface area contributed by atoms with Gasteiger partial charge in [-0.15, -0.1) is 0 Å². The molecular weight excluding hydrogens is 292 g/mol. The number of pyridine rings is 1. The number of nitrogens with one attached hydrogen (secondary N) is 1. The van der Waals surface area contributed by atoms with Gasteiger partial charge in [-0.3, -0.25) is 4.79 Å². The van der Waals surface area contributed by atoms with E-state index in [-0.39, 0.29) is 5.56 Å². The van der Waals surface area contributed by atoms with Crippen LogP contribution in [0.25, 0.3) is 0 Å². The number of methoxy groups -OCH3 is 1. The van der Waals surface area contributed by atoms with E-state index in [1.54, 1.807) is 6.07 Å². The summed E-state index contributed by atoms with van der Waals surface area (Å²) >= 11 is 3.14. The molecule has 0 aliphatic carbocycles. The number of carbonyl (C=O) groups excluding carboxylic acids is 2. The fourth-order valence-corrected chi connectivity index (χ4v) is 1.31. The van der Waals surface area contributed by atoms with E-state index in [0.717, 1.165) is 0 Å². The minimum absolute atomic E-state index is 0.288. The number of carbonyl (C=O) groups is 2. The largest absolute Gasteiger partial charge is 0.467 e. The number of amides is 1. The van der Waals surface area contributed by atoms with E-state index < -0.39 is 24.5 Å². The van der Waals surface area contributed by atoms with Crippen molar-refractivity contribution >= 4 is 27.8 Å². The van der Waals surface area contributed by atoms with E-state index in [1.807, 2.05) is 0 Å². The van der Waals surface area contributed by atoms with Gasteiger partial charge in [0.2, 0.25) is 0 Å². The summed E-state index contributed by atoms with van der Waals surface area (Å²) in [7, 11) is 1.18. The number of rotatable bonds is 4. The average molecular weight is 303 g/mol. The molecule has 2 N–H and O–H groups in total. The molecule has 0 aliphatic heterocycles. The molecule has 0 fully saturated rings. The number of aliphatic hydroxyl groups is 1. The number of halogens is 1. The molecule has 7 heteroatoms. The van der Waals surface area contributed by atoms with Gasteiger partial charge in [0.25, 0.3) is 5.91 Å². The van der Waals surface area contributed by atoms with Gasteiger partial charge in [0.1, 0.15) is 4.60 Å². The van der Waals surface area contributed by atoms with E-state index in [1.165, 1.54) is 19.4 Å². The van der Waals surface area contributed by atoms with Crippen LogP contribution in [-0.2, 0) is 9.53 Å². The topological polar surface area (TPSA) is 88.5 Å². The first-order valence-corrected chi connectivity index (χ1v) is 5.49. The first-order chi connectivity index (χ1) is 8.08. The van der Waals surface area contributed by atoms with E-state index in [9.17, 15) is 9.59 Å². The maximum absolute atomic E-state index is 11.7. The van der Waals surface area contributed by atoms with Crippen molar-refractivity contribution in [1.29, 1.82) is 0 Å². The van der Waals surface area contributed by atoms with Crippen LogP contribution in [-0.4, -0.2) is 41.7 Å². The van der Waals surface area contributed by atoms with Crippen molar-refractivity contribution in [2.24, 2.45) is 0 Å². The van der Waals surface area contributed by atoms with Crippen molar-refractivity contribution in [2.75, 3.05) is 13.7 Å². The first-order valence-electron chi connectivity index (χ1n) is 4.69. The molecule has 0 saturated heterocycles. The summed E-state index contributed by atoms with van der Waals surface area (Å²) in [5.41, 5.74) is 0.288. The molecule has 0 spiro atoms. The molecule has 0 aliphatic rings. The van der Waals surface area contributed by atoms with E-state index in [2.05, 4.69) is 31.0 Å². The van der Waals surface area contributed by atoms with Gasteiger partial charge < -0.3 is 15.2 Å². The fourth-order valence-electron chi connectivity index (χ4n) is 1.07. The van der Waals surface area contributed by atoms with E-state index >= 15 is 0 Å². The van der Waals surface area contributed by atoms with Crippen LogP contribution < -0.4 is 5.32 Å². The molecule has 0 aromatic carbocycles. The second-order valence-corrected chi connectivity index (χ2v) is 3.91. The van der Waals surface area contributed by atoms with Gasteiger partial charge in [0, 0.05) is 6.20 Å².